The molecule has 0 aromatic heterocycles. The van der Waals surface area contributed by atoms with Gasteiger partial charge in [-0.1, -0.05) is 103 Å². The van der Waals surface area contributed by atoms with Gasteiger partial charge < -0.3 is 4.90 Å². The van der Waals surface area contributed by atoms with Crippen molar-refractivity contribution in [1.29, 1.82) is 0 Å². The van der Waals surface area contributed by atoms with Crippen molar-refractivity contribution in [1.82, 2.24) is 0 Å². The lowest BCUT2D eigenvalue weighted by molar-refractivity contribution is 0.685. The van der Waals surface area contributed by atoms with E-state index in [2.05, 4.69) is 122 Å². The summed E-state index contributed by atoms with van der Waals surface area (Å²) in [5.41, 5.74) is 9.15. The van der Waals surface area contributed by atoms with Crippen LogP contribution in [0.1, 0.15) is 29.5 Å². The molecule has 0 saturated carbocycles. The number of aryl methyl sites for hydroxylation is 1. The molecular weight excluding hydrogens is 362 g/mol. The maximum atomic E-state index is 2.51. The maximum Gasteiger partial charge on any atom is 0.0580 e. The van der Waals surface area contributed by atoms with Crippen molar-refractivity contribution >= 4 is 11.8 Å². The first-order chi connectivity index (χ1) is 14.7. The molecule has 1 heterocycles. The molecule has 0 bridgehead atoms. The second-order valence-corrected chi connectivity index (χ2v) is 8.21. The van der Waals surface area contributed by atoms with E-state index in [9.17, 15) is 0 Å². The van der Waals surface area contributed by atoms with Gasteiger partial charge in [0.05, 0.1) is 6.04 Å². The fourth-order valence-corrected chi connectivity index (χ4v) is 4.67. The van der Waals surface area contributed by atoms with Gasteiger partial charge in [-0.3, -0.25) is 0 Å². The van der Waals surface area contributed by atoms with Gasteiger partial charge in [-0.05, 0) is 47.7 Å². The smallest absolute Gasteiger partial charge is 0.0580 e. The Labute approximate surface area is 179 Å². The van der Waals surface area contributed by atoms with Crippen LogP contribution in [0.2, 0.25) is 0 Å². The number of hydrogen-bond donors (Lipinski definition) is 0. The Hall–Kier alpha value is -3.32. The highest BCUT2D eigenvalue weighted by Crippen LogP contribution is 2.44. The summed E-state index contributed by atoms with van der Waals surface area (Å²) in [6, 6.07) is 26.8. The van der Waals surface area contributed by atoms with E-state index < -0.39 is 0 Å². The molecular formula is C29H27N. The topological polar surface area (TPSA) is 3.24 Å². The van der Waals surface area contributed by atoms with Gasteiger partial charge in [-0.2, -0.15) is 0 Å². The summed E-state index contributed by atoms with van der Waals surface area (Å²) in [6.07, 6.45) is 11.5. The zero-order valence-electron chi connectivity index (χ0n) is 17.6. The minimum absolute atomic E-state index is 0.440. The van der Waals surface area contributed by atoms with E-state index in [4.69, 9.17) is 0 Å². The highest BCUT2D eigenvalue weighted by atomic mass is 15.2. The van der Waals surface area contributed by atoms with E-state index in [1.807, 2.05) is 0 Å². The van der Waals surface area contributed by atoms with Crippen LogP contribution in [0.4, 0.5) is 5.69 Å². The number of nitrogens with zero attached hydrogens (tertiary/aromatic N) is 1. The average molecular weight is 390 g/mol. The standard InChI is InChI=1S/C29H27N/c1-3-30-28-7-5-4-6-26(28)27-20-23(14-19-29(27)30)11-10-22-12-17-25(18-13-22)24-15-8-21(2)9-16-24/h4-20,27,29H,3H2,1-2H3. The Morgan fingerprint density at radius 3 is 2.27 bits per heavy atom. The molecule has 1 nitrogen and oxygen atoms in total. The molecule has 2 atom stereocenters. The van der Waals surface area contributed by atoms with Crippen LogP contribution in [-0.2, 0) is 0 Å². The molecule has 1 heteroatoms. The van der Waals surface area contributed by atoms with Crippen molar-refractivity contribution in [3.63, 3.8) is 0 Å². The first-order valence-corrected chi connectivity index (χ1v) is 10.8. The Balaban J connectivity index is 1.35. The fraction of sp³-hybridized carbons (Fsp3) is 0.172. The molecule has 2 aliphatic rings. The molecule has 0 amide bonds. The van der Waals surface area contributed by atoms with Crippen LogP contribution in [0, 0.1) is 6.92 Å². The monoisotopic (exact) mass is 389 g/mol. The molecule has 0 N–H and O–H groups in total. The molecule has 0 saturated heterocycles. The van der Waals surface area contributed by atoms with E-state index in [1.54, 1.807) is 0 Å². The van der Waals surface area contributed by atoms with Crippen LogP contribution in [-0.4, -0.2) is 12.6 Å². The van der Waals surface area contributed by atoms with E-state index in [0.29, 0.717) is 12.0 Å². The van der Waals surface area contributed by atoms with Crippen molar-refractivity contribution in [3.05, 3.63) is 119 Å². The predicted octanol–water partition coefficient (Wildman–Crippen LogP) is 7.16. The van der Waals surface area contributed by atoms with Gasteiger partial charge in [0.15, 0.2) is 0 Å². The van der Waals surface area contributed by atoms with Gasteiger partial charge in [0.25, 0.3) is 0 Å². The van der Waals surface area contributed by atoms with Gasteiger partial charge in [0, 0.05) is 18.2 Å². The maximum absolute atomic E-state index is 2.51. The number of benzene rings is 3. The molecule has 3 aromatic carbocycles. The molecule has 5 rings (SSSR count). The molecule has 1 aliphatic heterocycles. The first-order valence-electron chi connectivity index (χ1n) is 10.8. The molecule has 148 valence electrons. The third-order valence-electron chi connectivity index (χ3n) is 6.30. The predicted molar refractivity (Wildman–Crippen MR) is 129 cm³/mol. The molecule has 1 aliphatic carbocycles. The minimum Gasteiger partial charge on any atom is -0.364 e. The van der Waals surface area contributed by atoms with Crippen LogP contribution in [0.15, 0.2) is 103 Å². The van der Waals surface area contributed by atoms with E-state index in [-0.39, 0.29) is 0 Å². The second kappa shape index (κ2) is 7.84. The lowest BCUT2D eigenvalue weighted by Crippen LogP contribution is -2.32. The largest absolute Gasteiger partial charge is 0.364 e. The van der Waals surface area contributed by atoms with Crippen molar-refractivity contribution in [2.24, 2.45) is 0 Å². The molecule has 30 heavy (non-hydrogen) atoms. The Morgan fingerprint density at radius 2 is 1.53 bits per heavy atom. The number of para-hydroxylation sites is 1. The van der Waals surface area contributed by atoms with Crippen LogP contribution >= 0.6 is 0 Å². The van der Waals surface area contributed by atoms with Crippen molar-refractivity contribution in [3.8, 4) is 11.1 Å². The Bertz CT molecular complexity index is 1130. The van der Waals surface area contributed by atoms with E-state index in [0.717, 1.165) is 6.54 Å². The quantitative estimate of drug-likeness (QED) is 0.457. The van der Waals surface area contributed by atoms with Crippen LogP contribution in [0.5, 0.6) is 0 Å². The first kappa shape index (κ1) is 18.7. The summed E-state index contributed by atoms with van der Waals surface area (Å²) < 4.78 is 0. The van der Waals surface area contributed by atoms with Gasteiger partial charge in [0.1, 0.15) is 0 Å². The van der Waals surface area contributed by atoms with Gasteiger partial charge in [-0.25, -0.2) is 0 Å². The minimum atomic E-state index is 0.440. The second-order valence-electron chi connectivity index (χ2n) is 8.21. The third kappa shape index (κ3) is 3.41. The number of rotatable bonds is 4. The molecule has 2 unspecified atom stereocenters. The van der Waals surface area contributed by atoms with Crippen LogP contribution < -0.4 is 4.90 Å². The average Bonchev–Trinajstić information content (AvgIpc) is 3.11. The zero-order chi connectivity index (χ0) is 20.5. The lowest BCUT2D eigenvalue weighted by atomic mass is 9.88. The number of anilines is 1. The Morgan fingerprint density at radius 1 is 0.833 bits per heavy atom. The molecule has 0 radical (unpaired) electrons. The van der Waals surface area contributed by atoms with Gasteiger partial charge in [-0.15, -0.1) is 0 Å². The summed E-state index contributed by atoms with van der Waals surface area (Å²) in [4.78, 5) is 2.51. The lowest BCUT2D eigenvalue weighted by Gasteiger charge is -2.28. The fourth-order valence-electron chi connectivity index (χ4n) is 4.67. The van der Waals surface area contributed by atoms with Crippen molar-refractivity contribution in [2.45, 2.75) is 25.8 Å². The zero-order valence-corrected chi connectivity index (χ0v) is 17.6. The Kier molecular flexibility index (Phi) is 4.88. The van der Waals surface area contributed by atoms with Crippen LogP contribution in [0.25, 0.3) is 17.2 Å². The summed E-state index contributed by atoms with van der Waals surface area (Å²) in [7, 11) is 0. The summed E-state index contributed by atoms with van der Waals surface area (Å²) in [5.74, 6) is 0.440. The molecule has 0 spiro atoms. The molecule has 0 fully saturated rings. The number of fused-ring (bicyclic) bond motifs is 3. The number of likely N-dealkylation sites (N-methyl/N-ethyl adjacent to an activating group) is 1. The van der Waals surface area contributed by atoms with Crippen molar-refractivity contribution < 1.29 is 0 Å². The highest BCUT2D eigenvalue weighted by Gasteiger charge is 2.35. The van der Waals surface area contributed by atoms with E-state index in [1.165, 1.54) is 39.1 Å². The van der Waals surface area contributed by atoms with Crippen molar-refractivity contribution in [2.75, 3.05) is 11.4 Å². The summed E-state index contributed by atoms with van der Waals surface area (Å²) in [6.45, 7) is 5.40. The summed E-state index contributed by atoms with van der Waals surface area (Å²) >= 11 is 0. The SMILES string of the molecule is CCN1c2ccccc2C2C=C(C=Cc3ccc(-c4ccc(C)cc4)cc3)C=CC21. The molecule has 3 aromatic rings. The normalized spacial score (nSPS) is 19.7. The number of allylic oxidation sites excluding steroid dienone is 3. The highest BCUT2D eigenvalue weighted by molar-refractivity contribution is 5.69. The van der Waals surface area contributed by atoms with Gasteiger partial charge >= 0.3 is 0 Å². The van der Waals surface area contributed by atoms with Crippen LogP contribution in [0.3, 0.4) is 0 Å². The third-order valence-corrected chi connectivity index (χ3v) is 6.30. The van der Waals surface area contributed by atoms with Gasteiger partial charge in [0.2, 0.25) is 0 Å². The van der Waals surface area contributed by atoms with E-state index >= 15 is 0 Å². The summed E-state index contributed by atoms with van der Waals surface area (Å²) in [5, 5.41) is 0. The number of hydrogen-bond acceptors (Lipinski definition) is 1.